The number of carboxylic acid groups (broad SMARTS) is 1. The maximum atomic E-state index is 11.0. The normalized spacial score (nSPS) is 24.8. The standard InChI is InChI=1S/C11H15N3O2/c1-8-3-2-5-13-9(8)14-6-4-11(12,7-14)10(15)16/h2-3,5H,4,6-7,12H2,1H3,(H,15,16). The molecule has 0 spiro atoms. The summed E-state index contributed by atoms with van der Waals surface area (Å²) >= 11 is 0. The van der Waals surface area contributed by atoms with Gasteiger partial charge in [-0.1, -0.05) is 6.07 Å². The van der Waals surface area contributed by atoms with Gasteiger partial charge in [0.15, 0.2) is 0 Å². The Bertz CT molecular complexity index is 421. The lowest BCUT2D eigenvalue weighted by Crippen LogP contribution is -2.50. The first-order chi connectivity index (χ1) is 7.53. The Balaban J connectivity index is 2.22. The second-order valence-electron chi connectivity index (χ2n) is 4.28. The summed E-state index contributed by atoms with van der Waals surface area (Å²) in [7, 11) is 0. The number of carbonyl (C=O) groups is 1. The molecule has 1 unspecified atom stereocenters. The van der Waals surface area contributed by atoms with E-state index in [0.717, 1.165) is 11.4 Å². The van der Waals surface area contributed by atoms with E-state index in [-0.39, 0.29) is 0 Å². The topological polar surface area (TPSA) is 79.5 Å². The molecule has 0 aliphatic carbocycles. The van der Waals surface area contributed by atoms with Crippen LogP contribution in [-0.2, 0) is 4.79 Å². The van der Waals surface area contributed by atoms with Crippen molar-refractivity contribution in [2.24, 2.45) is 5.73 Å². The highest BCUT2D eigenvalue weighted by Crippen LogP contribution is 2.25. The quantitative estimate of drug-likeness (QED) is 0.754. The van der Waals surface area contributed by atoms with E-state index < -0.39 is 11.5 Å². The smallest absolute Gasteiger partial charge is 0.325 e. The van der Waals surface area contributed by atoms with Crippen LogP contribution >= 0.6 is 0 Å². The van der Waals surface area contributed by atoms with Crippen LogP contribution in [0.2, 0.25) is 0 Å². The molecule has 2 heterocycles. The minimum absolute atomic E-state index is 0.320. The van der Waals surface area contributed by atoms with Crippen LogP contribution in [0.4, 0.5) is 5.82 Å². The summed E-state index contributed by atoms with van der Waals surface area (Å²) in [6.45, 7) is 2.92. The zero-order valence-corrected chi connectivity index (χ0v) is 9.18. The fourth-order valence-corrected chi connectivity index (χ4v) is 2.00. The van der Waals surface area contributed by atoms with Gasteiger partial charge < -0.3 is 15.7 Å². The molecule has 1 atom stereocenters. The van der Waals surface area contributed by atoms with E-state index in [9.17, 15) is 4.79 Å². The van der Waals surface area contributed by atoms with Crippen LogP contribution in [0.25, 0.3) is 0 Å². The SMILES string of the molecule is Cc1cccnc1N1CCC(N)(C(=O)O)C1. The van der Waals surface area contributed by atoms with Crippen molar-refractivity contribution in [1.82, 2.24) is 4.98 Å². The molecule has 5 heteroatoms. The van der Waals surface area contributed by atoms with Crippen LogP contribution in [0.1, 0.15) is 12.0 Å². The maximum absolute atomic E-state index is 11.0. The summed E-state index contributed by atoms with van der Waals surface area (Å²) in [6.07, 6.45) is 2.16. The van der Waals surface area contributed by atoms with Crippen molar-refractivity contribution >= 4 is 11.8 Å². The molecule has 16 heavy (non-hydrogen) atoms. The molecule has 1 aromatic rings. The Morgan fingerprint density at radius 1 is 1.69 bits per heavy atom. The number of pyridine rings is 1. The van der Waals surface area contributed by atoms with Gasteiger partial charge in [0.05, 0.1) is 0 Å². The summed E-state index contributed by atoms with van der Waals surface area (Å²) in [5, 5.41) is 9.03. The van der Waals surface area contributed by atoms with E-state index in [1.165, 1.54) is 0 Å². The molecule has 2 rings (SSSR count). The maximum Gasteiger partial charge on any atom is 0.325 e. The Hall–Kier alpha value is -1.62. The lowest BCUT2D eigenvalue weighted by Gasteiger charge is -2.21. The third-order valence-electron chi connectivity index (χ3n) is 3.01. The van der Waals surface area contributed by atoms with Crippen molar-refractivity contribution in [3.8, 4) is 0 Å². The van der Waals surface area contributed by atoms with Gasteiger partial charge >= 0.3 is 5.97 Å². The van der Waals surface area contributed by atoms with Crippen molar-refractivity contribution in [2.45, 2.75) is 18.9 Å². The Kier molecular flexibility index (Phi) is 2.55. The molecule has 3 N–H and O–H groups in total. The van der Waals surface area contributed by atoms with Gasteiger partial charge in [0.25, 0.3) is 0 Å². The molecular formula is C11H15N3O2. The summed E-state index contributed by atoms with van der Waals surface area (Å²) < 4.78 is 0. The van der Waals surface area contributed by atoms with E-state index >= 15 is 0 Å². The summed E-state index contributed by atoms with van der Waals surface area (Å²) in [5.41, 5.74) is 5.71. The van der Waals surface area contributed by atoms with Crippen LogP contribution in [0.15, 0.2) is 18.3 Å². The number of aromatic nitrogens is 1. The van der Waals surface area contributed by atoms with E-state index in [0.29, 0.717) is 19.5 Å². The molecule has 1 fully saturated rings. The van der Waals surface area contributed by atoms with Crippen molar-refractivity contribution in [3.63, 3.8) is 0 Å². The monoisotopic (exact) mass is 221 g/mol. The Morgan fingerprint density at radius 2 is 2.44 bits per heavy atom. The zero-order valence-electron chi connectivity index (χ0n) is 9.18. The molecular weight excluding hydrogens is 206 g/mol. The van der Waals surface area contributed by atoms with Gasteiger partial charge in [-0.25, -0.2) is 4.98 Å². The molecule has 1 saturated heterocycles. The van der Waals surface area contributed by atoms with Gasteiger partial charge in [-0.2, -0.15) is 0 Å². The first kappa shape index (κ1) is 10.9. The number of anilines is 1. The van der Waals surface area contributed by atoms with E-state index in [1.807, 2.05) is 24.0 Å². The second kappa shape index (κ2) is 3.75. The van der Waals surface area contributed by atoms with Crippen molar-refractivity contribution in [3.05, 3.63) is 23.9 Å². The third-order valence-corrected chi connectivity index (χ3v) is 3.01. The molecule has 0 bridgehead atoms. The lowest BCUT2D eigenvalue weighted by molar-refractivity contribution is -0.142. The van der Waals surface area contributed by atoms with Crippen LogP contribution in [0.3, 0.4) is 0 Å². The fraction of sp³-hybridized carbons (Fsp3) is 0.455. The number of hydrogen-bond acceptors (Lipinski definition) is 4. The molecule has 0 amide bonds. The average Bonchev–Trinajstić information content (AvgIpc) is 2.63. The van der Waals surface area contributed by atoms with Gasteiger partial charge in [0.1, 0.15) is 11.4 Å². The molecule has 1 aromatic heterocycles. The summed E-state index contributed by atoms with van der Waals surface area (Å²) in [4.78, 5) is 17.2. The largest absolute Gasteiger partial charge is 0.480 e. The van der Waals surface area contributed by atoms with Crippen molar-refractivity contribution in [1.29, 1.82) is 0 Å². The van der Waals surface area contributed by atoms with Gasteiger partial charge in [-0.05, 0) is 25.0 Å². The molecule has 0 aromatic carbocycles. The highest BCUT2D eigenvalue weighted by molar-refractivity contribution is 5.80. The fourth-order valence-electron chi connectivity index (χ4n) is 2.00. The summed E-state index contributed by atoms with van der Waals surface area (Å²) in [5.74, 6) is -0.111. The number of aryl methyl sites for hydroxylation is 1. The Morgan fingerprint density at radius 3 is 3.00 bits per heavy atom. The third kappa shape index (κ3) is 1.74. The predicted octanol–water partition coefficient (Wildman–Crippen LogP) is 0.382. The highest BCUT2D eigenvalue weighted by Gasteiger charge is 2.41. The minimum Gasteiger partial charge on any atom is -0.480 e. The highest BCUT2D eigenvalue weighted by atomic mass is 16.4. The number of nitrogens with two attached hydrogens (primary N) is 1. The van der Waals surface area contributed by atoms with E-state index in [2.05, 4.69) is 4.98 Å². The van der Waals surface area contributed by atoms with Gasteiger partial charge in [-0.15, -0.1) is 0 Å². The minimum atomic E-state index is -1.13. The molecule has 5 nitrogen and oxygen atoms in total. The van der Waals surface area contributed by atoms with Crippen LogP contribution in [0, 0.1) is 6.92 Å². The van der Waals surface area contributed by atoms with Gasteiger partial charge in [0, 0.05) is 19.3 Å². The van der Waals surface area contributed by atoms with E-state index in [4.69, 9.17) is 10.8 Å². The molecule has 1 aliphatic rings. The van der Waals surface area contributed by atoms with Crippen LogP contribution in [-0.4, -0.2) is 34.7 Å². The van der Waals surface area contributed by atoms with Crippen LogP contribution in [0.5, 0.6) is 0 Å². The van der Waals surface area contributed by atoms with Gasteiger partial charge in [0.2, 0.25) is 0 Å². The van der Waals surface area contributed by atoms with Crippen molar-refractivity contribution in [2.75, 3.05) is 18.0 Å². The molecule has 86 valence electrons. The number of nitrogens with zero attached hydrogens (tertiary/aromatic N) is 2. The zero-order chi connectivity index (χ0) is 11.8. The lowest BCUT2D eigenvalue weighted by atomic mass is 10.0. The molecule has 0 saturated carbocycles. The average molecular weight is 221 g/mol. The first-order valence-corrected chi connectivity index (χ1v) is 5.22. The molecule has 1 aliphatic heterocycles. The van der Waals surface area contributed by atoms with Gasteiger partial charge in [-0.3, -0.25) is 4.79 Å². The first-order valence-electron chi connectivity index (χ1n) is 5.22. The van der Waals surface area contributed by atoms with Crippen molar-refractivity contribution < 1.29 is 9.90 Å². The predicted molar refractivity (Wildman–Crippen MR) is 60.4 cm³/mol. The number of rotatable bonds is 2. The van der Waals surface area contributed by atoms with E-state index in [1.54, 1.807) is 6.20 Å². The number of carboxylic acids is 1. The number of hydrogen-bond donors (Lipinski definition) is 2. The second-order valence-corrected chi connectivity index (χ2v) is 4.28. The molecule has 0 radical (unpaired) electrons. The summed E-state index contributed by atoms with van der Waals surface area (Å²) in [6, 6.07) is 3.82. The Labute approximate surface area is 93.9 Å². The number of aliphatic carboxylic acids is 1. The van der Waals surface area contributed by atoms with Crippen LogP contribution < -0.4 is 10.6 Å².